The van der Waals surface area contributed by atoms with Crippen molar-refractivity contribution in [2.24, 2.45) is 11.8 Å². The zero-order valence-corrected chi connectivity index (χ0v) is 9.04. The van der Waals surface area contributed by atoms with Crippen molar-refractivity contribution in [1.82, 2.24) is 0 Å². The van der Waals surface area contributed by atoms with Crippen LogP contribution in [0.4, 0.5) is 0 Å². The number of hydrogen-bond acceptors (Lipinski definition) is 2. The topological polar surface area (TPSA) is 74.6 Å². The van der Waals surface area contributed by atoms with Gasteiger partial charge in [0.05, 0.1) is 11.8 Å². The number of rotatable bonds is 2. The molecule has 0 aliphatic heterocycles. The molecular weight excluding hydrogens is 220 g/mol. The highest BCUT2D eigenvalue weighted by atomic mass is 16.4. The third kappa shape index (κ3) is 1.24. The van der Waals surface area contributed by atoms with Gasteiger partial charge in [-0.05, 0) is 17.5 Å². The molecule has 2 N–H and O–H groups in total. The first-order valence-corrected chi connectivity index (χ1v) is 5.65. The van der Waals surface area contributed by atoms with Crippen molar-refractivity contribution in [3.63, 3.8) is 0 Å². The Labute approximate surface area is 97.9 Å². The van der Waals surface area contributed by atoms with Crippen LogP contribution in [0, 0.1) is 11.8 Å². The van der Waals surface area contributed by atoms with E-state index >= 15 is 0 Å². The van der Waals surface area contributed by atoms with Gasteiger partial charge in [-0.2, -0.15) is 0 Å². The number of fused-ring (bicyclic) bond motifs is 4. The van der Waals surface area contributed by atoms with Crippen LogP contribution in [0.2, 0.25) is 0 Å². The number of carboxylic acid groups (broad SMARTS) is 2. The largest absolute Gasteiger partial charge is 0.481 e. The van der Waals surface area contributed by atoms with Crippen LogP contribution >= 0.6 is 0 Å². The summed E-state index contributed by atoms with van der Waals surface area (Å²) >= 11 is 0. The molecule has 1 aromatic carbocycles. The smallest absolute Gasteiger partial charge is 0.307 e. The van der Waals surface area contributed by atoms with Gasteiger partial charge in [0.25, 0.3) is 0 Å². The summed E-state index contributed by atoms with van der Waals surface area (Å²) in [5.74, 6) is -3.06. The van der Waals surface area contributed by atoms with Crippen LogP contribution in [0.5, 0.6) is 0 Å². The normalized spacial score (nSPS) is 33.4. The summed E-state index contributed by atoms with van der Waals surface area (Å²) in [5, 5.41) is 18.3. The Kier molecular flexibility index (Phi) is 2.02. The second kappa shape index (κ2) is 3.32. The lowest BCUT2D eigenvalue weighted by Crippen LogP contribution is -2.30. The van der Waals surface area contributed by atoms with Crippen LogP contribution in [0.1, 0.15) is 29.4 Å². The fraction of sp³-hybridized carbons (Fsp3) is 0.385. The van der Waals surface area contributed by atoms with Gasteiger partial charge in [0.2, 0.25) is 0 Å². The van der Waals surface area contributed by atoms with E-state index in [9.17, 15) is 9.59 Å². The Hall–Kier alpha value is -1.84. The lowest BCUT2D eigenvalue weighted by molar-refractivity contribution is -0.143. The molecule has 1 saturated carbocycles. The molecule has 2 aliphatic carbocycles. The molecule has 0 bridgehead atoms. The average molecular weight is 232 g/mol. The summed E-state index contributed by atoms with van der Waals surface area (Å²) in [6.07, 6.45) is 0.245. The number of benzene rings is 1. The zero-order chi connectivity index (χ0) is 12.2. The van der Waals surface area contributed by atoms with Gasteiger partial charge < -0.3 is 10.2 Å². The predicted octanol–water partition coefficient (Wildman–Crippen LogP) is 1.67. The van der Waals surface area contributed by atoms with Gasteiger partial charge in [0.15, 0.2) is 0 Å². The number of carbonyl (C=O) groups is 2. The molecule has 0 heterocycles. The highest BCUT2D eigenvalue weighted by Crippen LogP contribution is 2.61. The fourth-order valence-electron chi connectivity index (χ4n) is 3.42. The lowest BCUT2D eigenvalue weighted by atomic mass is 9.65. The molecule has 0 saturated heterocycles. The summed E-state index contributed by atoms with van der Waals surface area (Å²) < 4.78 is 0. The van der Waals surface area contributed by atoms with E-state index in [-0.39, 0.29) is 18.3 Å². The van der Waals surface area contributed by atoms with Gasteiger partial charge in [0.1, 0.15) is 0 Å². The van der Waals surface area contributed by atoms with Gasteiger partial charge in [-0.25, -0.2) is 0 Å². The lowest BCUT2D eigenvalue weighted by Gasteiger charge is -2.37. The van der Waals surface area contributed by atoms with Gasteiger partial charge >= 0.3 is 11.9 Å². The molecule has 0 spiro atoms. The molecule has 88 valence electrons. The van der Waals surface area contributed by atoms with Crippen molar-refractivity contribution in [3.05, 3.63) is 35.4 Å². The Morgan fingerprint density at radius 3 is 1.71 bits per heavy atom. The quantitative estimate of drug-likeness (QED) is 0.813. The minimum atomic E-state index is -0.877. The first-order valence-electron chi connectivity index (χ1n) is 5.65. The summed E-state index contributed by atoms with van der Waals surface area (Å²) in [5.41, 5.74) is 2.04. The first-order chi connectivity index (χ1) is 8.11. The number of aliphatic carboxylic acids is 2. The van der Waals surface area contributed by atoms with Gasteiger partial charge in [-0.1, -0.05) is 24.3 Å². The van der Waals surface area contributed by atoms with Gasteiger partial charge in [-0.3, -0.25) is 9.59 Å². The van der Waals surface area contributed by atoms with Crippen molar-refractivity contribution in [1.29, 1.82) is 0 Å². The SMILES string of the molecule is O=C(O)[C@H]1C[C@@H](C(=O)O)[C@@H]2c3ccccc3[C@H]21. The molecule has 0 unspecified atom stereocenters. The van der Waals surface area contributed by atoms with E-state index in [0.29, 0.717) is 0 Å². The van der Waals surface area contributed by atoms with E-state index in [1.165, 1.54) is 0 Å². The number of carboxylic acids is 2. The van der Waals surface area contributed by atoms with E-state index < -0.39 is 23.8 Å². The van der Waals surface area contributed by atoms with Gasteiger partial charge in [-0.15, -0.1) is 0 Å². The van der Waals surface area contributed by atoms with Crippen LogP contribution in [-0.4, -0.2) is 22.2 Å². The second-order valence-electron chi connectivity index (χ2n) is 4.81. The minimum Gasteiger partial charge on any atom is -0.481 e. The summed E-state index contributed by atoms with van der Waals surface area (Å²) in [6.45, 7) is 0. The molecule has 1 fully saturated rings. The standard InChI is InChI=1S/C13H12O4/c14-12(15)8-5-9(13(16)17)11-7-4-2-1-3-6(7)10(8)11/h1-4,8-11H,5H2,(H,14,15)(H,16,17)/t8-,9+,10-,11-/m0/s1. The molecule has 4 nitrogen and oxygen atoms in total. The Morgan fingerprint density at radius 2 is 1.35 bits per heavy atom. The van der Waals surface area contributed by atoms with Crippen LogP contribution < -0.4 is 0 Å². The molecular formula is C13H12O4. The van der Waals surface area contributed by atoms with Gasteiger partial charge in [0, 0.05) is 11.8 Å². The molecule has 0 radical (unpaired) electrons. The van der Waals surface area contributed by atoms with Crippen LogP contribution in [-0.2, 0) is 9.59 Å². The highest BCUT2D eigenvalue weighted by Gasteiger charge is 2.56. The predicted molar refractivity (Wildman–Crippen MR) is 58.8 cm³/mol. The monoisotopic (exact) mass is 232 g/mol. The summed E-state index contributed by atoms with van der Waals surface area (Å²) in [4.78, 5) is 22.4. The molecule has 0 amide bonds. The summed E-state index contributed by atoms with van der Waals surface area (Å²) in [7, 11) is 0. The molecule has 3 rings (SSSR count). The molecule has 1 aromatic rings. The molecule has 2 aliphatic rings. The van der Waals surface area contributed by atoms with Crippen molar-refractivity contribution in [2.45, 2.75) is 18.3 Å². The highest BCUT2D eigenvalue weighted by molar-refractivity contribution is 5.80. The maximum absolute atomic E-state index is 11.2. The van der Waals surface area contributed by atoms with E-state index in [1.54, 1.807) is 0 Å². The van der Waals surface area contributed by atoms with Crippen LogP contribution in [0.15, 0.2) is 24.3 Å². The zero-order valence-electron chi connectivity index (χ0n) is 9.04. The van der Waals surface area contributed by atoms with E-state index in [1.807, 2.05) is 24.3 Å². The Morgan fingerprint density at radius 1 is 0.941 bits per heavy atom. The molecule has 4 atom stereocenters. The first kappa shape index (κ1) is 10.3. The van der Waals surface area contributed by atoms with E-state index in [0.717, 1.165) is 11.1 Å². The van der Waals surface area contributed by atoms with Crippen molar-refractivity contribution in [3.8, 4) is 0 Å². The van der Waals surface area contributed by atoms with Crippen LogP contribution in [0.25, 0.3) is 0 Å². The van der Waals surface area contributed by atoms with Crippen molar-refractivity contribution < 1.29 is 19.8 Å². The maximum Gasteiger partial charge on any atom is 0.307 e. The van der Waals surface area contributed by atoms with E-state index in [4.69, 9.17) is 10.2 Å². The third-order valence-corrected chi connectivity index (χ3v) is 4.11. The summed E-state index contributed by atoms with van der Waals surface area (Å²) in [6, 6.07) is 7.58. The van der Waals surface area contributed by atoms with Crippen molar-refractivity contribution in [2.75, 3.05) is 0 Å². The molecule has 0 aromatic heterocycles. The minimum absolute atomic E-state index is 0.107. The van der Waals surface area contributed by atoms with E-state index in [2.05, 4.69) is 0 Å². The van der Waals surface area contributed by atoms with Crippen molar-refractivity contribution >= 4 is 11.9 Å². The number of hydrogen-bond donors (Lipinski definition) is 2. The average Bonchev–Trinajstić information content (AvgIpc) is 2.61. The molecule has 4 heteroatoms. The fourth-order valence-corrected chi connectivity index (χ4v) is 3.42. The Bertz CT molecular complexity index is 463. The maximum atomic E-state index is 11.2. The Balaban J connectivity index is 2.05. The van der Waals surface area contributed by atoms with Crippen LogP contribution in [0.3, 0.4) is 0 Å². The third-order valence-electron chi connectivity index (χ3n) is 4.11. The molecule has 17 heavy (non-hydrogen) atoms. The second-order valence-corrected chi connectivity index (χ2v) is 4.81.